The third kappa shape index (κ3) is 3.38. The van der Waals surface area contributed by atoms with Crippen LogP contribution >= 0.6 is 0 Å². The molecule has 1 saturated carbocycles. The van der Waals surface area contributed by atoms with Gasteiger partial charge in [-0.25, -0.2) is 0 Å². The van der Waals surface area contributed by atoms with Gasteiger partial charge in [0, 0.05) is 12.1 Å². The van der Waals surface area contributed by atoms with Crippen molar-refractivity contribution in [1.29, 1.82) is 0 Å². The van der Waals surface area contributed by atoms with Crippen LogP contribution in [0.1, 0.15) is 24.0 Å². The number of rotatable bonds is 5. The van der Waals surface area contributed by atoms with E-state index < -0.39 is 6.04 Å². The molecule has 5 atom stereocenters. The maximum Gasteiger partial charge on any atom is 0.248 e. The summed E-state index contributed by atoms with van der Waals surface area (Å²) in [5, 5.41) is 2.97. The second kappa shape index (κ2) is 7.80. The zero-order chi connectivity index (χ0) is 21.5. The van der Waals surface area contributed by atoms with Gasteiger partial charge in [-0.3, -0.25) is 19.3 Å². The Morgan fingerprint density at radius 2 is 1.52 bits per heavy atom. The Kier molecular flexibility index (Phi) is 4.97. The molecule has 0 unspecified atom stereocenters. The lowest BCUT2D eigenvalue weighted by Gasteiger charge is -2.38. The van der Waals surface area contributed by atoms with Gasteiger partial charge in [-0.2, -0.15) is 0 Å². The van der Waals surface area contributed by atoms with Crippen LogP contribution in [0.15, 0.2) is 66.7 Å². The zero-order valence-electron chi connectivity index (χ0n) is 17.5. The highest BCUT2D eigenvalue weighted by molar-refractivity contribution is 6.10. The number of aryl methyl sites for hydroxylation is 1. The fourth-order valence-electron chi connectivity index (χ4n) is 5.47. The first-order chi connectivity index (χ1) is 15.0. The summed E-state index contributed by atoms with van der Waals surface area (Å²) in [6.45, 7) is 1.92. The number of benzene rings is 2. The molecule has 1 aliphatic heterocycles. The number of imide groups is 1. The van der Waals surface area contributed by atoms with Crippen molar-refractivity contribution >= 4 is 23.4 Å². The molecule has 6 rings (SSSR count). The molecular weight excluding hydrogens is 388 g/mol. The van der Waals surface area contributed by atoms with E-state index in [1.807, 2.05) is 61.5 Å². The number of nitrogens with zero attached hydrogens (tertiary/aromatic N) is 1. The highest BCUT2D eigenvalue weighted by Gasteiger charge is 2.58. The Bertz CT molecular complexity index is 1030. The average Bonchev–Trinajstić information content (AvgIpc) is 3.07. The van der Waals surface area contributed by atoms with Crippen LogP contribution < -0.4 is 5.32 Å². The summed E-state index contributed by atoms with van der Waals surface area (Å²) in [4.78, 5) is 41.7. The number of hydrogen-bond donors (Lipinski definition) is 1. The van der Waals surface area contributed by atoms with E-state index in [9.17, 15) is 14.4 Å². The monoisotopic (exact) mass is 414 g/mol. The van der Waals surface area contributed by atoms with Crippen LogP contribution in [-0.4, -0.2) is 28.7 Å². The van der Waals surface area contributed by atoms with Gasteiger partial charge in [0.2, 0.25) is 17.7 Å². The highest BCUT2D eigenvalue weighted by Crippen LogP contribution is 2.50. The predicted molar refractivity (Wildman–Crippen MR) is 118 cm³/mol. The highest BCUT2D eigenvalue weighted by atomic mass is 16.2. The molecule has 0 aromatic heterocycles. The van der Waals surface area contributed by atoms with E-state index in [0.717, 1.165) is 24.0 Å². The largest absolute Gasteiger partial charge is 0.324 e. The molecule has 0 spiro atoms. The predicted octanol–water partition coefficient (Wildman–Crippen LogP) is 3.74. The lowest BCUT2D eigenvalue weighted by Crippen LogP contribution is -2.49. The van der Waals surface area contributed by atoms with Crippen molar-refractivity contribution in [3.05, 3.63) is 77.9 Å². The molecule has 0 radical (unpaired) electrons. The van der Waals surface area contributed by atoms with Crippen molar-refractivity contribution in [2.24, 2.45) is 23.7 Å². The Hall–Kier alpha value is -3.21. The van der Waals surface area contributed by atoms with E-state index in [1.165, 1.54) is 4.90 Å². The summed E-state index contributed by atoms with van der Waals surface area (Å²) in [6.07, 6.45) is 6.38. The van der Waals surface area contributed by atoms with Gasteiger partial charge in [0.05, 0.1) is 11.8 Å². The van der Waals surface area contributed by atoms with Gasteiger partial charge in [-0.05, 0) is 48.8 Å². The molecule has 4 aliphatic rings. The number of anilines is 1. The summed E-state index contributed by atoms with van der Waals surface area (Å²) < 4.78 is 0. The number of para-hydroxylation sites is 1. The number of hydrogen-bond acceptors (Lipinski definition) is 3. The van der Waals surface area contributed by atoms with Crippen molar-refractivity contribution in [2.75, 3.05) is 5.32 Å². The minimum Gasteiger partial charge on any atom is -0.324 e. The number of nitrogens with one attached hydrogen (secondary N) is 1. The van der Waals surface area contributed by atoms with E-state index in [-0.39, 0.29) is 41.4 Å². The molecule has 2 bridgehead atoms. The standard InChI is InChI=1S/C26H26N2O3/c1-16-7-5-6-10-20(16)27-24(29)21(15-17-8-3-2-4-9-17)28-25(30)22-18-11-12-19(14-13-18)23(22)26(28)31/h2-12,18-19,21-23H,13-15H2,1H3,(H,27,29)/t18-,19-,21-,22-,23+/m0/s1. The minimum atomic E-state index is -0.869. The Morgan fingerprint density at radius 1 is 0.935 bits per heavy atom. The molecule has 5 nitrogen and oxygen atoms in total. The van der Waals surface area contributed by atoms with Crippen LogP contribution in [0.25, 0.3) is 0 Å². The fourth-order valence-corrected chi connectivity index (χ4v) is 5.47. The first-order valence-electron chi connectivity index (χ1n) is 11.0. The molecule has 31 heavy (non-hydrogen) atoms. The lowest BCUT2D eigenvalue weighted by atomic mass is 9.63. The quantitative estimate of drug-likeness (QED) is 0.599. The summed E-state index contributed by atoms with van der Waals surface area (Å²) in [6, 6.07) is 16.2. The van der Waals surface area contributed by atoms with Gasteiger partial charge in [-0.1, -0.05) is 60.7 Å². The molecular formula is C26H26N2O3. The SMILES string of the molecule is Cc1ccccc1NC(=O)[C@H](Cc1ccccc1)N1C(=O)[C@@H]2[C@H](C1=O)[C@H]1C=C[C@H]2CC1. The summed E-state index contributed by atoms with van der Waals surface area (Å²) in [7, 11) is 0. The van der Waals surface area contributed by atoms with Gasteiger partial charge < -0.3 is 5.32 Å². The Balaban J connectivity index is 1.48. The molecule has 2 aromatic carbocycles. The maximum atomic E-state index is 13.5. The van der Waals surface area contributed by atoms with Gasteiger partial charge in [0.15, 0.2) is 0 Å². The van der Waals surface area contributed by atoms with Gasteiger partial charge >= 0.3 is 0 Å². The molecule has 1 saturated heterocycles. The molecule has 5 heteroatoms. The molecule has 1 heterocycles. The molecule has 1 N–H and O–H groups in total. The van der Waals surface area contributed by atoms with Crippen LogP contribution in [-0.2, 0) is 20.8 Å². The molecule has 3 amide bonds. The molecule has 2 aromatic rings. The second-order valence-electron chi connectivity index (χ2n) is 8.90. The normalized spacial score (nSPS) is 27.3. The summed E-state index contributed by atoms with van der Waals surface area (Å²) >= 11 is 0. The van der Waals surface area contributed by atoms with Crippen LogP contribution in [0, 0.1) is 30.6 Å². The summed E-state index contributed by atoms with van der Waals surface area (Å²) in [5.41, 5.74) is 2.55. The van der Waals surface area contributed by atoms with Gasteiger partial charge in [0.1, 0.15) is 6.04 Å². The third-order valence-corrected chi connectivity index (χ3v) is 7.08. The minimum absolute atomic E-state index is 0.105. The van der Waals surface area contributed by atoms with Gasteiger partial charge in [-0.15, -0.1) is 0 Å². The zero-order valence-corrected chi connectivity index (χ0v) is 17.5. The van der Waals surface area contributed by atoms with Gasteiger partial charge in [0.25, 0.3) is 0 Å². The van der Waals surface area contributed by atoms with E-state index in [0.29, 0.717) is 12.1 Å². The topological polar surface area (TPSA) is 66.5 Å². The maximum absolute atomic E-state index is 13.5. The van der Waals surface area contributed by atoms with E-state index in [4.69, 9.17) is 0 Å². The average molecular weight is 415 g/mol. The number of fused-ring (bicyclic) bond motifs is 1. The Labute approximate surface area is 182 Å². The number of amides is 3. The van der Waals surface area contributed by atoms with Crippen LogP contribution in [0.3, 0.4) is 0 Å². The lowest BCUT2D eigenvalue weighted by molar-refractivity contribution is -0.146. The van der Waals surface area contributed by atoms with Crippen LogP contribution in [0.4, 0.5) is 5.69 Å². The number of allylic oxidation sites excluding steroid dienone is 2. The first-order valence-corrected chi connectivity index (χ1v) is 11.0. The third-order valence-electron chi connectivity index (χ3n) is 7.08. The first kappa shape index (κ1) is 19.7. The molecule has 158 valence electrons. The van der Waals surface area contributed by atoms with E-state index in [1.54, 1.807) is 0 Å². The molecule has 2 fully saturated rings. The number of likely N-dealkylation sites (tertiary alicyclic amines) is 1. The van der Waals surface area contributed by atoms with E-state index in [2.05, 4.69) is 17.5 Å². The Morgan fingerprint density at radius 3 is 2.10 bits per heavy atom. The second-order valence-corrected chi connectivity index (χ2v) is 8.90. The number of carbonyl (C=O) groups excluding carboxylic acids is 3. The smallest absolute Gasteiger partial charge is 0.248 e. The van der Waals surface area contributed by atoms with Crippen molar-refractivity contribution in [3.63, 3.8) is 0 Å². The van der Waals surface area contributed by atoms with Crippen molar-refractivity contribution in [1.82, 2.24) is 4.90 Å². The van der Waals surface area contributed by atoms with Crippen LogP contribution in [0.5, 0.6) is 0 Å². The van der Waals surface area contributed by atoms with Crippen LogP contribution in [0.2, 0.25) is 0 Å². The van der Waals surface area contributed by atoms with Crippen molar-refractivity contribution < 1.29 is 14.4 Å². The van der Waals surface area contributed by atoms with E-state index >= 15 is 0 Å². The number of carbonyl (C=O) groups is 3. The fraction of sp³-hybridized carbons (Fsp3) is 0.346. The summed E-state index contributed by atoms with van der Waals surface area (Å²) in [5.74, 6) is -1.12. The van der Waals surface area contributed by atoms with Crippen molar-refractivity contribution in [3.8, 4) is 0 Å². The van der Waals surface area contributed by atoms with Crippen molar-refractivity contribution in [2.45, 2.75) is 32.2 Å². The molecule has 3 aliphatic carbocycles.